The zero-order chi connectivity index (χ0) is 18.3. The number of ether oxygens (including phenoxy) is 1. The van der Waals surface area contributed by atoms with Crippen molar-refractivity contribution in [2.45, 2.75) is 6.54 Å². The standard InChI is InChI=1S/C17H13F2N5O2/c1-26-9-6-10(18)15(11(19)7-9)16-20-3-2-12(22-16)13-8-14-17(25)21-4-5-24(14)23-13/h2-3,6-8H,4-5H2,1H3,(H,21,25). The summed E-state index contributed by atoms with van der Waals surface area (Å²) in [5, 5.41) is 7.06. The van der Waals surface area contributed by atoms with Crippen LogP contribution in [0.15, 0.2) is 30.5 Å². The number of rotatable bonds is 3. The zero-order valence-electron chi connectivity index (χ0n) is 13.7. The van der Waals surface area contributed by atoms with Gasteiger partial charge >= 0.3 is 0 Å². The number of aromatic nitrogens is 4. The van der Waals surface area contributed by atoms with Crippen molar-refractivity contribution >= 4 is 5.91 Å². The summed E-state index contributed by atoms with van der Waals surface area (Å²) in [5.74, 6) is -1.94. The predicted octanol–water partition coefficient (Wildman–Crippen LogP) is 2.04. The second-order valence-corrected chi connectivity index (χ2v) is 5.63. The minimum atomic E-state index is -0.831. The number of hydrogen-bond acceptors (Lipinski definition) is 5. The zero-order valence-corrected chi connectivity index (χ0v) is 13.7. The first-order valence-electron chi connectivity index (χ1n) is 7.79. The first-order valence-corrected chi connectivity index (χ1v) is 7.79. The monoisotopic (exact) mass is 357 g/mol. The van der Waals surface area contributed by atoms with Gasteiger partial charge in [-0.05, 0) is 12.1 Å². The van der Waals surface area contributed by atoms with E-state index in [-0.39, 0.29) is 23.0 Å². The number of nitrogens with zero attached hydrogens (tertiary/aromatic N) is 4. The summed E-state index contributed by atoms with van der Waals surface area (Å²) < 4.78 is 35.0. The summed E-state index contributed by atoms with van der Waals surface area (Å²) in [4.78, 5) is 20.0. The Labute approximate surface area is 146 Å². The Hall–Kier alpha value is -3.36. The lowest BCUT2D eigenvalue weighted by atomic mass is 10.1. The van der Waals surface area contributed by atoms with Crippen molar-refractivity contribution in [2.24, 2.45) is 0 Å². The summed E-state index contributed by atoms with van der Waals surface area (Å²) in [6.45, 7) is 1.03. The van der Waals surface area contributed by atoms with Gasteiger partial charge < -0.3 is 10.1 Å². The van der Waals surface area contributed by atoms with E-state index < -0.39 is 11.6 Å². The van der Waals surface area contributed by atoms with Gasteiger partial charge in [-0.25, -0.2) is 18.7 Å². The molecule has 2 aromatic heterocycles. The van der Waals surface area contributed by atoms with Gasteiger partial charge in [-0.1, -0.05) is 0 Å². The SMILES string of the molecule is COc1cc(F)c(-c2nccc(-c3cc4n(n3)CCNC4=O)n2)c(F)c1. The van der Waals surface area contributed by atoms with Crippen LogP contribution in [-0.2, 0) is 6.54 Å². The summed E-state index contributed by atoms with van der Waals surface area (Å²) in [7, 11) is 1.32. The lowest BCUT2D eigenvalue weighted by molar-refractivity contribution is 0.0924. The molecule has 0 fully saturated rings. The largest absolute Gasteiger partial charge is 0.497 e. The number of halogens is 2. The van der Waals surface area contributed by atoms with Crippen molar-refractivity contribution in [3.63, 3.8) is 0 Å². The summed E-state index contributed by atoms with van der Waals surface area (Å²) >= 11 is 0. The van der Waals surface area contributed by atoms with Crippen LogP contribution in [0.3, 0.4) is 0 Å². The maximum atomic E-state index is 14.3. The van der Waals surface area contributed by atoms with E-state index in [4.69, 9.17) is 4.74 Å². The third-order valence-corrected chi connectivity index (χ3v) is 4.01. The number of nitrogens with one attached hydrogen (secondary N) is 1. The lowest BCUT2D eigenvalue weighted by Crippen LogP contribution is -2.35. The van der Waals surface area contributed by atoms with E-state index in [0.29, 0.717) is 30.2 Å². The first kappa shape index (κ1) is 16.1. The fourth-order valence-corrected chi connectivity index (χ4v) is 2.76. The molecule has 1 N–H and O–H groups in total. The molecule has 0 unspecified atom stereocenters. The van der Waals surface area contributed by atoms with Gasteiger partial charge in [-0.2, -0.15) is 5.10 Å². The smallest absolute Gasteiger partial charge is 0.269 e. The number of fused-ring (bicyclic) bond motifs is 1. The van der Waals surface area contributed by atoms with Gasteiger partial charge in [0.25, 0.3) is 5.91 Å². The quantitative estimate of drug-likeness (QED) is 0.776. The van der Waals surface area contributed by atoms with Gasteiger partial charge in [0, 0.05) is 24.9 Å². The topological polar surface area (TPSA) is 81.9 Å². The average molecular weight is 357 g/mol. The van der Waals surface area contributed by atoms with E-state index in [1.807, 2.05) is 0 Å². The van der Waals surface area contributed by atoms with Gasteiger partial charge in [0.2, 0.25) is 0 Å². The van der Waals surface area contributed by atoms with Crippen LogP contribution < -0.4 is 10.1 Å². The van der Waals surface area contributed by atoms with Crippen LogP contribution in [0.5, 0.6) is 5.75 Å². The van der Waals surface area contributed by atoms with Gasteiger partial charge in [-0.15, -0.1) is 0 Å². The molecule has 0 saturated heterocycles. The number of amides is 1. The molecule has 26 heavy (non-hydrogen) atoms. The molecule has 132 valence electrons. The van der Waals surface area contributed by atoms with Crippen LogP contribution in [0.2, 0.25) is 0 Å². The summed E-state index contributed by atoms with van der Waals surface area (Å²) in [5.41, 5.74) is 0.844. The molecule has 1 amide bonds. The molecule has 7 nitrogen and oxygen atoms in total. The molecular weight excluding hydrogens is 344 g/mol. The molecular formula is C17H13F2N5O2. The van der Waals surface area contributed by atoms with Crippen molar-refractivity contribution < 1.29 is 18.3 Å². The number of methoxy groups -OCH3 is 1. The van der Waals surface area contributed by atoms with Crippen LogP contribution in [0.25, 0.3) is 22.8 Å². The highest BCUT2D eigenvalue weighted by molar-refractivity contribution is 5.94. The van der Waals surface area contributed by atoms with Gasteiger partial charge in [0.05, 0.1) is 24.9 Å². The number of hydrogen-bond donors (Lipinski definition) is 1. The van der Waals surface area contributed by atoms with E-state index in [0.717, 1.165) is 12.1 Å². The molecule has 0 aliphatic carbocycles. The Morgan fingerprint density at radius 2 is 1.96 bits per heavy atom. The fourth-order valence-electron chi connectivity index (χ4n) is 2.76. The molecule has 4 rings (SSSR count). The predicted molar refractivity (Wildman–Crippen MR) is 87.5 cm³/mol. The molecule has 1 aliphatic rings. The van der Waals surface area contributed by atoms with Crippen LogP contribution >= 0.6 is 0 Å². The van der Waals surface area contributed by atoms with Crippen LogP contribution in [0.1, 0.15) is 10.5 Å². The molecule has 1 aromatic carbocycles. The van der Waals surface area contributed by atoms with Crippen LogP contribution in [0.4, 0.5) is 8.78 Å². The Morgan fingerprint density at radius 1 is 1.19 bits per heavy atom. The maximum Gasteiger partial charge on any atom is 0.269 e. The van der Waals surface area contributed by atoms with Gasteiger partial charge in [-0.3, -0.25) is 9.48 Å². The third-order valence-electron chi connectivity index (χ3n) is 4.01. The Morgan fingerprint density at radius 3 is 2.65 bits per heavy atom. The highest BCUT2D eigenvalue weighted by atomic mass is 19.1. The average Bonchev–Trinajstić information content (AvgIpc) is 3.07. The second-order valence-electron chi connectivity index (χ2n) is 5.63. The summed E-state index contributed by atoms with van der Waals surface area (Å²) in [6, 6.07) is 5.28. The first-order chi connectivity index (χ1) is 12.6. The summed E-state index contributed by atoms with van der Waals surface area (Å²) in [6.07, 6.45) is 1.39. The van der Waals surface area contributed by atoms with Crippen molar-refractivity contribution in [3.05, 3.63) is 47.8 Å². The molecule has 0 saturated carbocycles. The minimum Gasteiger partial charge on any atom is -0.497 e. The highest BCUT2D eigenvalue weighted by Crippen LogP contribution is 2.28. The minimum absolute atomic E-state index is 0.0627. The number of benzene rings is 1. The second kappa shape index (κ2) is 6.17. The van der Waals surface area contributed by atoms with Crippen molar-refractivity contribution in [3.8, 4) is 28.5 Å². The van der Waals surface area contributed by atoms with Gasteiger partial charge in [0.1, 0.15) is 28.8 Å². The van der Waals surface area contributed by atoms with E-state index in [1.165, 1.54) is 13.3 Å². The normalized spacial score (nSPS) is 13.3. The molecule has 0 radical (unpaired) electrons. The van der Waals surface area contributed by atoms with Crippen LogP contribution in [-0.4, -0.2) is 39.3 Å². The third kappa shape index (κ3) is 2.67. The molecule has 0 bridgehead atoms. The maximum absolute atomic E-state index is 14.3. The van der Waals surface area contributed by atoms with E-state index >= 15 is 0 Å². The fraction of sp³-hybridized carbons (Fsp3) is 0.176. The Kier molecular flexibility index (Phi) is 3.83. The Balaban J connectivity index is 1.78. The van der Waals surface area contributed by atoms with Crippen molar-refractivity contribution in [1.82, 2.24) is 25.1 Å². The van der Waals surface area contributed by atoms with E-state index in [2.05, 4.69) is 20.4 Å². The van der Waals surface area contributed by atoms with Crippen molar-refractivity contribution in [1.29, 1.82) is 0 Å². The number of carbonyl (C=O) groups excluding carboxylic acids is 1. The van der Waals surface area contributed by atoms with Gasteiger partial charge in [0.15, 0.2) is 5.82 Å². The molecule has 3 aromatic rings. The molecule has 0 spiro atoms. The van der Waals surface area contributed by atoms with Crippen LogP contribution in [0, 0.1) is 11.6 Å². The molecule has 0 atom stereocenters. The lowest BCUT2D eigenvalue weighted by Gasteiger charge is -2.13. The van der Waals surface area contributed by atoms with E-state index in [1.54, 1.807) is 16.8 Å². The number of carbonyl (C=O) groups is 1. The van der Waals surface area contributed by atoms with Crippen molar-refractivity contribution in [2.75, 3.05) is 13.7 Å². The Bertz CT molecular complexity index is 995. The van der Waals surface area contributed by atoms with E-state index in [9.17, 15) is 13.6 Å². The molecule has 1 aliphatic heterocycles. The molecule has 3 heterocycles. The molecule has 9 heteroatoms. The highest BCUT2D eigenvalue weighted by Gasteiger charge is 2.21.